The minimum atomic E-state index is -0.504. The second kappa shape index (κ2) is 6.58. The van der Waals surface area contributed by atoms with Gasteiger partial charge in [-0.15, -0.1) is 0 Å². The number of benzene rings is 2. The molecule has 0 saturated heterocycles. The average molecular weight is 356 g/mol. The predicted octanol–water partition coefficient (Wildman–Crippen LogP) is 3.87. The zero-order chi connectivity index (χ0) is 15.4. The van der Waals surface area contributed by atoms with Crippen molar-refractivity contribution in [3.8, 4) is 0 Å². The van der Waals surface area contributed by atoms with E-state index < -0.39 is 6.04 Å². The Morgan fingerprint density at radius 3 is 2.59 bits per heavy atom. The lowest BCUT2D eigenvalue weighted by Crippen LogP contribution is -2.27. The lowest BCUT2D eigenvalue weighted by molar-refractivity contribution is -0.118. The highest BCUT2D eigenvalue weighted by Crippen LogP contribution is 2.21. The molecule has 0 aliphatic carbocycles. The molecule has 1 unspecified atom stereocenters. The molecule has 3 aromatic rings. The maximum Gasteiger partial charge on any atom is 0.253 e. The molecule has 3 rings (SSSR count). The van der Waals surface area contributed by atoms with Gasteiger partial charge in [0.1, 0.15) is 0 Å². The molecule has 0 bridgehead atoms. The van der Waals surface area contributed by atoms with Crippen molar-refractivity contribution < 1.29 is 4.79 Å². The highest BCUT2D eigenvalue weighted by Gasteiger charge is 2.22. The maximum atomic E-state index is 12.7. The molecule has 0 saturated carbocycles. The predicted molar refractivity (Wildman–Crippen MR) is 89.6 cm³/mol. The van der Waals surface area contributed by atoms with E-state index in [2.05, 4.69) is 26.3 Å². The largest absolute Gasteiger partial charge is 0.324 e. The summed E-state index contributed by atoms with van der Waals surface area (Å²) in [4.78, 5) is 12.7. The maximum absolute atomic E-state index is 12.7. The van der Waals surface area contributed by atoms with Gasteiger partial charge in [0, 0.05) is 22.6 Å². The Labute approximate surface area is 136 Å². The first-order chi connectivity index (χ1) is 10.7. The van der Waals surface area contributed by atoms with Gasteiger partial charge >= 0.3 is 0 Å². The van der Waals surface area contributed by atoms with Crippen molar-refractivity contribution in [3.63, 3.8) is 0 Å². The molecular weight excluding hydrogens is 342 g/mol. The Hall–Kier alpha value is -2.40. The Kier molecular flexibility index (Phi) is 4.34. The minimum absolute atomic E-state index is 0.131. The molecule has 110 valence electrons. The van der Waals surface area contributed by atoms with Crippen LogP contribution >= 0.6 is 15.9 Å². The van der Waals surface area contributed by atoms with Crippen molar-refractivity contribution >= 4 is 27.5 Å². The van der Waals surface area contributed by atoms with E-state index in [9.17, 15) is 4.79 Å². The lowest BCUT2D eigenvalue weighted by Gasteiger charge is -2.18. The number of amides is 1. The van der Waals surface area contributed by atoms with Crippen molar-refractivity contribution in [2.24, 2.45) is 0 Å². The molecule has 4 nitrogen and oxygen atoms in total. The summed E-state index contributed by atoms with van der Waals surface area (Å²) in [6.07, 6.45) is 3.46. The lowest BCUT2D eigenvalue weighted by atomic mass is 10.1. The Bertz CT molecular complexity index is 757. The van der Waals surface area contributed by atoms with Crippen LogP contribution in [0.4, 0.5) is 5.69 Å². The summed E-state index contributed by atoms with van der Waals surface area (Å²) in [6, 6.07) is 18.4. The number of halogens is 1. The monoisotopic (exact) mass is 355 g/mol. The van der Waals surface area contributed by atoms with Gasteiger partial charge in [-0.1, -0.05) is 52.3 Å². The summed E-state index contributed by atoms with van der Waals surface area (Å²) in [5.74, 6) is -0.131. The Morgan fingerprint density at radius 1 is 1.09 bits per heavy atom. The summed E-state index contributed by atoms with van der Waals surface area (Å²) >= 11 is 3.40. The second-order valence-corrected chi connectivity index (χ2v) is 5.71. The Morgan fingerprint density at radius 2 is 1.91 bits per heavy atom. The van der Waals surface area contributed by atoms with Crippen LogP contribution in [0.5, 0.6) is 0 Å². The van der Waals surface area contributed by atoms with E-state index in [0.717, 1.165) is 15.7 Å². The number of carbonyl (C=O) groups is 1. The fourth-order valence-electron chi connectivity index (χ4n) is 2.27. The highest BCUT2D eigenvalue weighted by atomic mass is 79.9. The van der Waals surface area contributed by atoms with Crippen molar-refractivity contribution in [1.82, 2.24) is 9.78 Å². The standard InChI is InChI=1S/C17H14BrN3O/c18-14-8-4-9-15(12-14)20-17(22)16(21-11-5-10-19-21)13-6-2-1-3-7-13/h1-12,16H,(H,20,22). The van der Waals surface area contributed by atoms with Gasteiger partial charge in [-0.2, -0.15) is 5.10 Å². The van der Waals surface area contributed by atoms with Gasteiger partial charge in [-0.3, -0.25) is 9.48 Å². The molecular formula is C17H14BrN3O. The van der Waals surface area contributed by atoms with E-state index in [0.29, 0.717) is 0 Å². The minimum Gasteiger partial charge on any atom is -0.324 e. The molecule has 0 spiro atoms. The molecule has 1 amide bonds. The number of anilines is 1. The molecule has 5 heteroatoms. The quantitative estimate of drug-likeness (QED) is 0.771. The van der Waals surface area contributed by atoms with Gasteiger partial charge in [0.05, 0.1) is 0 Å². The molecule has 0 aliphatic rings. The van der Waals surface area contributed by atoms with Crippen molar-refractivity contribution in [2.45, 2.75) is 6.04 Å². The van der Waals surface area contributed by atoms with Crippen molar-refractivity contribution in [1.29, 1.82) is 0 Å². The van der Waals surface area contributed by atoms with Crippen LogP contribution in [0.25, 0.3) is 0 Å². The summed E-state index contributed by atoms with van der Waals surface area (Å²) in [6.45, 7) is 0. The van der Waals surface area contributed by atoms with Crippen molar-refractivity contribution in [3.05, 3.63) is 83.1 Å². The molecule has 0 fully saturated rings. The Balaban J connectivity index is 1.91. The van der Waals surface area contributed by atoms with Gasteiger partial charge in [0.15, 0.2) is 6.04 Å². The molecule has 1 aromatic heterocycles. The van der Waals surface area contributed by atoms with E-state index in [-0.39, 0.29) is 5.91 Å². The van der Waals surface area contributed by atoms with Crippen LogP contribution < -0.4 is 5.32 Å². The molecule has 0 aliphatic heterocycles. The molecule has 22 heavy (non-hydrogen) atoms. The second-order valence-electron chi connectivity index (χ2n) is 4.80. The van der Waals surface area contributed by atoms with Gasteiger partial charge in [0.2, 0.25) is 0 Å². The highest BCUT2D eigenvalue weighted by molar-refractivity contribution is 9.10. The molecule has 0 radical (unpaired) electrons. The third-order valence-corrected chi connectivity index (χ3v) is 3.74. The fraction of sp³-hybridized carbons (Fsp3) is 0.0588. The zero-order valence-electron chi connectivity index (χ0n) is 11.7. The number of hydrogen-bond acceptors (Lipinski definition) is 2. The smallest absolute Gasteiger partial charge is 0.253 e. The number of hydrogen-bond donors (Lipinski definition) is 1. The summed E-state index contributed by atoms with van der Waals surface area (Å²) < 4.78 is 2.57. The average Bonchev–Trinajstić information content (AvgIpc) is 3.02. The first-order valence-electron chi connectivity index (χ1n) is 6.84. The summed E-state index contributed by atoms with van der Waals surface area (Å²) in [5, 5.41) is 7.16. The molecule has 2 aromatic carbocycles. The number of nitrogens with one attached hydrogen (secondary N) is 1. The van der Waals surface area contributed by atoms with Crippen LogP contribution in [-0.4, -0.2) is 15.7 Å². The molecule has 1 atom stereocenters. The molecule has 1 N–H and O–H groups in total. The van der Waals surface area contributed by atoms with E-state index in [1.807, 2.05) is 60.7 Å². The fourth-order valence-corrected chi connectivity index (χ4v) is 2.67. The van der Waals surface area contributed by atoms with E-state index >= 15 is 0 Å². The van der Waals surface area contributed by atoms with E-state index in [4.69, 9.17) is 0 Å². The van der Waals surface area contributed by atoms with E-state index in [1.54, 1.807) is 17.1 Å². The van der Waals surface area contributed by atoms with E-state index in [1.165, 1.54) is 0 Å². The SMILES string of the molecule is O=C(Nc1cccc(Br)c1)C(c1ccccc1)n1cccn1. The zero-order valence-corrected chi connectivity index (χ0v) is 13.3. The van der Waals surface area contributed by atoms with Crippen LogP contribution in [0.1, 0.15) is 11.6 Å². The number of rotatable bonds is 4. The van der Waals surface area contributed by atoms with Crippen LogP contribution in [0.15, 0.2) is 77.5 Å². The first kappa shape index (κ1) is 14.5. The van der Waals surface area contributed by atoms with Crippen LogP contribution in [-0.2, 0) is 4.79 Å². The van der Waals surface area contributed by atoms with Crippen molar-refractivity contribution in [2.75, 3.05) is 5.32 Å². The van der Waals surface area contributed by atoms with Gasteiger partial charge < -0.3 is 5.32 Å². The first-order valence-corrected chi connectivity index (χ1v) is 7.64. The van der Waals surface area contributed by atoms with Crippen LogP contribution in [0.3, 0.4) is 0 Å². The number of aromatic nitrogens is 2. The third kappa shape index (κ3) is 3.26. The van der Waals surface area contributed by atoms with Crippen LogP contribution in [0, 0.1) is 0 Å². The topological polar surface area (TPSA) is 46.9 Å². The van der Waals surface area contributed by atoms with Gasteiger partial charge in [0.25, 0.3) is 5.91 Å². The number of carbonyl (C=O) groups excluding carboxylic acids is 1. The van der Waals surface area contributed by atoms with Gasteiger partial charge in [-0.25, -0.2) is 0 Å². The molecule has 1 heterocycles. The summed E-state index contributed by atoms with van der Waals surface area (Å²) in [7, 11) is 0. The number of nitrogens with zero attached hydrogens (tertiary/aromatic N) is 2. The summed E-state index contributed by atoms with van der Waals surface area (Å²) in [5.41, 5.74) is 1.63. The normalized spacial score (nSPS) is 11.9. The van der Waals surface area contributed by atoms with Gasteiger partial charge in [-0.05, 0) is 29.8 Å². The van der Waals surface area contributed by atoms with Crippen LogP contribution in [0.2, 0.25) is 0 Å². The third-order valence-electron chi connectivity index (χ3n) is 3.25.